The highest BCUT2D eigenvalue weighted by atomic mass is 16.7. The van der Waals surface area contributed by atoms with Gasteiger partial charge in [0, 0.05) is 38.3 Å². The first kappa shape index (κ1) is 14.6. The quantitative estimate of drug-likeness (QED) is 0.802. The van der Waals surface area contributed by atoms with E-state index in [0.29, 0.717) is 0 Å². The van der Waals surface area contributed by atoms with Crippen LogP contribution in [0.4, 0.5) is 0 Å². The van der Waals surface area contributed by atoms with Gasteiger partial charge in [-0.05, 0) is 43.0 Å². The van der Waals surface area contributed by atoms with E-state index in [9.17, 15) is 4.79 Å². The van der Waals surface area contributed by atoms with Crippen molar-refractivity contribution in [3.05, 3.63) is 29.8 Å². The molecule has 1 saturated carbocycles. The first-order valence-corrected chi connectivity index (χ1v) is 8.40. The number of fused-ring (bicyclic) bond motifs is 1. The third kappa shape index (κ3) is 3.34. The summed E-state index contributed by atoms with van der Waals surface area (Å²) in [6.07, 6.45) is 7.26. The van der Waals surface area contributed by atoms with Crippen LogP contribution in [-0.2, 0) is 4.79 Å². The molecule has 0 unspecified atom stereocenters. The minimum absolute atomic E-state index is 0.0975. The summed E-state index contributed by atoms with van der Waals surface area (Å²) < 4.78 is 10.7. The predicted octanol–water partition coefficient (Wildman–Crippen LogP) is 2.13. The van der Waals surface area contributed by atoms with Crippen molar-refractivity contribution in [2.45, 2.75) is 25.3 Å². The largest absolute Gasteiger partial charge is 0.454 e. The third-order valence-corrected chi connectivity index (χ3v) is 4.72. The standard InChI is InChI=1S/C18H22N2O3/c21-18(20-9-1-8-19(10-11-20)15-4-5-15)7-3-14-2-6-16-17(12-14)23-13-22-16/h2-3,6-7,12,15H,1,4-5,8-11,13H2. The monoisotopic (exact) mass is 314 g/mol. The second-order valence-corrected chi connectivity index (χ2v) is 6.39. The van der Waals surface area contributed by atoms with Crippen LogP contribution in [0.2, 0.25) is 0 Å². The van der Waals surface area contributed by atoms with Gasteiger partial charge >= 0.3 is 0 Å². The summed E-state index contributed by atoms with van der Waals surface area (Å²) in [6.45, 7) is 4.09. The molecule has 23 heavy (non-hydrogen) atoms. The molecule has 1 aliphatic carbocycles. The number of amides is 1. The van der Waals surface area contributed by atoms with Gasteiger partial charge in [0.25, 0.3) is 0 Å². The Balaban J connectivity index is 1.37. The fourth-order valence-electron chi connectivity index (χ4n) is 3.25. The predicted molar refractivity (Wildman–Crippen MR) is 87.4 cm³/mol. The van der Waals surface area contributed by atoms with Crippen LogP contribution in [0, 0.1) is 0 Å². The van der Waals surface area contributed by atoms with Crippen molar-refractivity contribution in [3.8, 4) is 11.5 Å². The Labute approximate surface area is 136 Å². The SMILES string of the molecule is O=C(C=Cc1ccc2c(c1)OCO2)N1CCCN(C2CC2)CC1. The van der Waals surface area contributed by atoms with Gasteiger partial charge in [-0.15, -0.1) is 0 Å². The highest BCUT2D eigenvalue weighted by Gasteiger charge is 2.30. The maximum atomic E-state index is 12.4. The van der Waals surface area contributed by atoms with E-state index in [4.69, 9.17) is 9.47 Å². The number of rotatable bonds is 3. The Morgan fingerprint density at radius 3 is 2.83 bits per heavy atom. The fraction of sp³-hybridized carbons (Fsp3) is 0.500. The number of ether oxygens (including phenoxy) is 2. The lowest BCUT2D eigenvalue weighted by molar-refractivity contribution is -0.125. The van der Waals surface area contributed by atoms with E-state index in [-0.39, 0.29) is 12.7 Å². The van der Waals surface area contributed by atoms with Crippen molar-refractivity contribution >= 4 is 12.0 Å². The molecule has 2 aliphatic heterocycles. The van der Waals surface area contributed by atoms with Gasteiger partial charge < -0.3 is 14.4 Å². The third-order valence-electron chi connectivity index (χ3n) is 4.72. The van der Waals surface area contributed by atoms with Crippen LogP contribution in [0.3, 0.4) is 0 Å². The molecule has 0 N–H and O–H groups in total. The van der Waals surface area contributed by atoms with E-state index < -0.39 is 0 Å². The molecule has 0 spiro atoms. The number of carbonyl (C=O) groups excluding carboxylic acids is 1. The molecule has 5 nitrogen and oxygen atoms in total. The van der Waals surface area contributed by atoms with Crippen LogP contribution in [0.1, 0.15) is 24.8 Å². The van der Waals surface area contributed by atoms with Gasteiger partial charge in [-0.3, -0.25) is 9.69 Å². The van der Waals surface area contributed by atoms with Gasteiger partial charge in [-0.2, -0.15) is 0 Å². The van der Waals surface area contributed by atoms with E-state index in [1.165, 1.54) is 12.8 Å². The van der Waals surface area contributed by atoms with Crippen LogP contribution in [0.15, 0.2) is 24.3 Å². The summed E-state index contributed by atoms with van der Waals surface area (Å²) >= 11 is 0. The molecular formula is C18H22N2O3. The van der Waals surface area contributed by atoms with Crippen LogP contribution < -0.4 is 9.47 Å². The topological polar surface area (TPSA) is 42.0 Å². The van der Waals surface area contributed by atoms with Gasteiger partial charge in [-0.25, -0.2) is 0 Å². The zero-order chi connectivity index (χ0) is 15.6. The summed E-state index contributed by atoms with van der Waals surface area (Å²) in [5.41, 5.74) is 0.956. The molecule has 0 aromatic heterocycles. The number of carbonyl (C=O) groups is 1. The summed E-state index contributed by atoms with van der Waals surface area (Å²) in [5.74, 6) is 1.61. The second-order valence-electron chi connectivity index (χ2n) is 6.39. The Hall–Kier alpha value is -2.01. The maximum absolute atomic E-state index is 12.4. The Bertz CT molecular complexity index is 625. The lowest BCUT2D eigenvalue weighted by atomic mass is 10.2. The van der Waals surface area contributed by atoms with Gasteiger partial charge in [0.1, 0.15) is 0 Å². The van der Waals surface area contributed by atoms with Crippen LogP contribution in [0.25, 0.3) is 6.08 Å². The Kier molecular flexibility index (Phi) is 3.95. The molecule has 0 atom stereocenters. The summed E-state index contributed by atoms with van der Waals surface area (Å²) in [7, 11) is 0. The highest BCUT2D eigenvalue weighted by Crippen LogP contribution is 2.32. The lowest BCUT2D eigenvalue weighted by Crippen LogP contribution is -2.34. The molecule has 1 amide bonds. The lowest BCUT2D eigenvalue weighted by Gasteiger charge is -2.20. The van der Waals surface area contributed by atoms with E-state index >= 15 is 0 Å². The average molecular weight is 314 g/mol. The number of nitrogens with zero attached hydrogens (tertiary/aromatic N) is 2. The molecule has 1 aromatic carbocycles. The van der Waals surface area contributed by atoms with E-state index in [1.54, 1.807) is 6.08 Å². The van der Waals surface area contributed by atoms with Crippen LogP contribution in [-0.4, -0.2) is 54.7 Å². The molecule has 1 aromatic rings. The smallest absolute Gasteiger partial charge is 0.246 e. The van der Waals surface area contributed by atoms with Crippen molar-refractivity contribution in [1.82, 2.24) is 9.80 Å². The minimum Gasteiger partial charge on any atom is -0.454 e. The van der Waals surface area contributed by atoms with Gasteiger partial charge in [0.15, 0.2) is 11.5 Å². The normalized spacial score (nSPS) is 21.7. The molecule has 2 heterocycles. The minimum atomic E-state index is 0.0975. The van der Waals surface area contributed by atoms with Crippen molar-refractivity contribution in [2.24, 2.45) is 0 Å². The molecule has 4 rings (SSSR count). The summed E-state index contributed by atoms with van der Waals surface area (Å²) in [4.78, 5) is 16.9. The summed E-state index contributed by atoms with van der Waals surface area (Å²) in [6, 6.07) is 6.51. The second kappa shape index (κ2) is 6.24. The molecule has 5 heteroatoms. The van der Waals surface area contributed by atoms with E-state index in [2.05, 4.69) is 4.90 Å². The number of hydrogen-bond acceptors (Lipinski definition) is 4. The van der Waals surface area contributed by atoms with Crippen LogP contribution in [0.5, 0.6) is 11.5 Å². The maximum Gasteiger partial charge on any atom is 0.246 e. The molecular weight excluding hydrogens is 292 g/mol. The highest BCUT2D eigenvalue weighted by molar-refractivity contribution is 5.91. The number of hydrogen-bond donors (Lipinski definition) is 0. The summed E-state index contributed by atoms with van der Waals surface area (Å²) in [5, 5.41) is 0. The Morgan fingerprint density at radius 2 is 1.96 bits per heavy atom. The zero-order valence-corrected chi connectivity index (χ0v) is 13.2. The van der Waals surface area contributed by atoms with Crippen LogP contribution >= 0.6 is 0 Å². The molecule has 2 fully saturated rings. The average Bonchev–Trinajstić information content (AvgIpc) is 3.34. The van der Waals surface area contributed by atoms with Crippen molar-refractivity contribution in [3.63, 3.8) is 0 Å². The molecule has 122 valence electrons. The van der Waals surface area contributed by atoms with E-state index in [1.807, 2.05) is 29.2 Å². The van der Waals surface area contributed by atoms with E-state index in [0.717, 1.165) is 55.7 Å². The fourth-order valence-corrected chi connectivity index (χ4v) is 3.25. The molecule has 0 bridgehead atoms. The van der Waals surface area contributed by atoms with Crippen molar-refractivity contribution in [2.75, 3.05) is 33.0 Å². The van der Waals surface area contributed by atoms with Gasteiger partial charge in [-0.1, -0.05) is 6.07 Å². The van der Waals surface area contributed by atoms with Crippen molar-refractivity contribution in [1.29, 1.82) is 0 Å². The van der Waals surface area contributed by atoms with Crippen molar-refractivity contribution < 1.29 is 14.3 Å². The Morgan fingerprint density at radius 1 is 1.09 bits per heavy atom. The first-order valence-electron chi connectivity index (χ1n) is 8.40. The first-order chi connectivity index (χ1) is 11.3. The molecule has 3 aliphatic rings. The van der Waals surface area contributed by atoms with Gasteiger partial charge in [0.05, 0.1) is 0 Å². The molecule has 1 saturated heterocycles. The number of benzene rings is 1. The molecule has 0 radical (unpaired) electrons. The van der Waals surface area contributed by atoms with Gasteiger partial charge in [0.2, 0.25) is 12.7 Å². The zero-order valence-electron chi connectivity index (χ0n) is 13.2.